The average molecular weight is 294 g/mol. The Balaban J connectivity index is 1.97. The Labute approximate surface area is 122 Å². The molecule has 1 fully saturated rings. The average Bonchev–Trinajstić information content (AvgIpc) is 2.47. The van der Waals surface area contributed by atoms with Gasteiger partial charge in [0.2, 0.25) is 0 Å². The van der Waals surface area contributed by atoms with Crippen molar-refractivity contribution in [3.8, 4) is 0 Å². The minimum atomic E-state index is -0.955. The van der Waals surface area contributed by atoms with Gasteiger partial charge in [-0.1, -0.05) is 25.5 Å². The zero-order valence-electron chi connectivity index (χ0n) is 11.9. The van der Waals surface area contributed by atoms with Crippen molar-refractivity contribution < 1.29 is 14.1 Å². The quantitative estimate of drug-likeness (QED) is 0.905. The van der Waals surface area contributed by atoms with E-state index < -0.39 is 16.8 Å². The molecule has 0 aliphatic heterocycles. The van der Waals surface area contributed by atoms with Gasteiger partial charge in [0.05, 0.1) is 17.2 Å². The van der Waals surface area contributed by atoms with Gasteiger partial charge in [-0.15, -0.1) is 0 Å². The molecule has 1 saturated carbocycles. The lowest BCUT2D eigenvalue weighted by atomic mass is 9.87. The van der Waals surface area contributed by atoms with Crippen molar-refractivity contribution in [3.05, 3.63) is 29.8 Å². The van der Waals surface area contributed by atoms with Gasteiger partial charge in [-0.3, -0.25) is 9.00 Å². The molecular weight excluding hydrogens is 272 g/mol. The molecule has 0 bridgehead atoms. The summed E-state index contributed by atoms with van der Waals surface area (Å²) >= 11 is 0. The van der Waals surface area contributed by atoms with E-state index in [2.05, 4.69) is 6.92 Å². The van der Waals surface area contributed by atoms with Gasteiger partial charge in [-0.2, -0.15) is 0 Å². The van der Waals surface area contributed by atoms with Crippen LogP contribution in [0, 0.1) is 5.92 Å². The van der Waals surface area contributed by atoms with Crippen molar-refractivity contribution in [2.24, 2.45) is 5.92 Å². The second kappa shape index (κ2) is 7.02. The maximum Gasteiger partial charge on any atom is 0.307 e. The highest BCUT2D eigenvalue weighted by molar-refractivity contribution is 7.85. The summed E-state index contributed by atoms with van der Waals surface area (Å²) in [5.41, 5.74) is 0.757. The number of hydrogen-bond donors (Lipinski definition) is 1. The molecule has 1 aromatic carbocycles. The number of rotatable bonds is 5. The third-order valence-corrected chi connectivity index (χ3v) is 6.00. The Morgan fingerprint density at radius 2 is 1.80 bits per heavy atom. The molecule has 0 saturated heterocycles. The van der Waals surface area contributed by atoms with Gasteiger partial charge in [0, 0.05) is 10.1 Å². The maximum absolute atomic E-state index is 12.5. The third kappa shape index (κ3) is 3.92. The number of aliphatic carboxylic acids is 1. The molecule has 0 radical (unpaired) electrons. The van der Waals surface area contributed by atoms with Crippen LogP contribution in [0.25, 0.3) is 0 Å². The van der Waals surface area contributed by atoms with Crippen molar-refractivity contribution in [2.75, 3.05) is 0 Å². The normalized spacial score (nSPS) is 24.2. The highest BCUT2D eigenvalue weighted by Crippen LogP contribution is 2.31. The molecular formula is C16H22O3S. The van der Waals surface area contributed by atoms with Crippen molar-refractivity contribution in [1.82, 2.24) is 0 Å². The van der Waals surface area contributed by atoms with Crippen molar-refractivity contribution in [2.45, 2.75) is 55.6 Å². The van der Waals surface area contributed by atoms with Crippen LogP contribution in [-0.4, -0.2) is 20.5 Å². The van der Waals surface area contributed by atoms with Crippen LogP contribution >= 0.6 is 0 Å². The molecule has 1 aliphatic rings. The summed E-state index contributed by atoms with van der Waals surface area (Å²) in [6.07, 6.45) is 5.70. The van der Waals surface area contributed by atoms with E-state index in [9.17, 15) is 9.00 Å². The Morgan fingerprint density at radius 1 is 1.20 bits per heavy atom. The fourth-order valence-corrected chi connectivity index (χ4v) is 4.35. The molecule has 1 unspecified atom stereocenters. The molecule has 0 aromatic heterocycles. The van der Waals surface area contributed by atoms with Crippen LogP contribution < -0.4 is 0 Å². The standard InChI is InChI=1S/C16H22O3S/c1-2-12-3-7-14(8-4-12)20(19)15-9-5-13(6-10-15)11-16(17)18/h5-6,9-10,12,14H,2-4,7-8,11H2,1H3,(H,17,18). The first-order chi connectivity index (χ1) is 9.60. The van der Waals surface area contributed by atoms with E-state index in [1.807, 2.05) is 12.1 Å². The molecule has 3 nitrogen and oxygen atoms in total. The highest BCUT2D eigenvalue weighted by Gasteiger charge is 2.25. The van der Waals surface area contributed by atoms with E-state index in [0.717, 1.165) is 29.2 Å². The minimum absolute atomic E-state index is 0.0223. The topological polar surface area (TPSA) is 54.4 Å². The van der Waals surface area contributed by atoms with E-state index in [0.29, 0.717) is 0 Å². The molecule has 1 aliphatic carbocycles. The van der Waals surface area contributed by atoms with E-state index in [1.165, 1.54) is 19.3 Å². The molecule has 0 amide bonds. The van der Waals surface area contributed by atoms with Crippen LogP contribution in [0.15, 0.2) is 29.2 Å². The molecule has 4 heteroatoms. The van der Waals surface area contributed by atoms with Gasteiger partial charge in [-0.05, 0) is 49.3 Å². The summed E-state index contributed by atoms with van der Waals surface area (Å²) in [6, 6.07) is 7.19. The van der Waals surface area contributed by atoms with Gasteiger partial charge in [0.15, 0.2) is 0 Å². The van der Waals surface area contributed by atoms with Crippen molar-refractivity contribution in [1.29, 1.82) is 0 Å². The largest absolute Gasteiger partial charge is 0.481 e. The molecule has 1 N–H and O–H groups in total. The van der Waals surface area contributed by atoms with Crippen molar-refractivity contribution >= 4 is 16.8 Å². The number of carboxylic acids is 1. The summed E-state index contributed by atoms with van der Waals surface area (Å²) in [4.78, 5) is 11.5. The van der Waals surface area contributed by atoms with Gasteiger partial charge >= 0.3 is 5.97 Å². The second-order valence-electron chi connectivity index (χ2n) is 5.56. The number of carbonyl (C=O) groups is 1. The first kappa shape index (κ1) is 15.2. The SMILES string of the molecule is CCC1CCC(S(=O)c2ccc(CC(=O)O)cc2)CC1. The lowest BCUT2D eigenvalue weighted by Crippen LogP contribution is -2.23. The first-order valence-corrected chi connectivity index (χ1v) is 8.52. The monoisotopic (exact) mass is 294 g/mol. The lowest BCUT2D eigenvalue weighted by Gasteiger charge is -2.27. The van der Waals surface area contributed by atoms with Gasteiger partial charge in [-0.25, -0.2) is 0 Å². The Kier molecular flexibility index (Phi) is 5.35. The minimum Gasteiger partial charge on any atom is -0.481 e. The van der Waals surface area contributed by atoms with E-state index in [-0.39, 0.29) is 11.7 Å². The van der Waals surface area contributed by atoms with Gasteiger partial charge < -0.3 is 5.11 Å². The zero-order valence-corrected chi connectivity index (χ0v) is 12.7. The Morgan fingerprint density at radius 3 is 2.30 bits per heavy atom. The predicted molar refractivity (Wildman–Crippen MR) is 80.2 cm³/mol. The molecule has 2 rings (SSSR count). The van der Waals surface area contributed by atoms with E-state index >= 15 is 0 Å². The highest BCUT2D eigenvalue weighted by atomic mass is 32.2. The van der Waals surface area contributed by atoms with Crippen LogP contribution in [0.5, 0.6) is 0 Å². The summed E-state index contributed by atoms with van der Waals surface area (Å²) in [6.45, 7) is 2.23. The van der Waals surface area contributed by atoms with Crippen molar-refractivity contribution in [3.63, 3.8) is 0 Å². The summed E-state index contributed by atoms with van der Waals surface area (Å²) in [5.74, 6) is -0.0297. The first-order valence-electron chi connectivity index (χ1n) is 7.31. The van der Waals surface area contributed by atoms with Crippen LogP contribution in [0.3, 0.4) is 0 Å². The Hall–Kier alpha value is -1.16. The fraction of sp³-hybridized carbons (Fsp3) is 0.562. The molecule has 20 heavy (non-hydrogen) atoms. The smallest absolute Gasteiger partial charge is 0.307 e. The van der Waals surface area contributed by atoms with Gasteiger partial charge in [0.1, 0.15) is 0 Å². The number of carboxylic acid groups (broad SMARTS) is 1. The van der Waals surface area contributed by atoms with Crippen LogP contribution in [0.2, 0.25) is 0 Å². The summed E-state index contributed by atoms with van der Waals surface area (Å²) < 4.78 is 12.5. The molecule has 0 spiro atoms. The number of hydrogen-bond acceptors (Lipinski definition) is 2. The van der Waals surface area contributed by atoms with E-state index in [4.69, 9.17) is 5.11 Å². The van der Waals surface area contributed by atoms with Crippen LogP contribution in [0.1, 0.15) is 44.6 Å². The van der Waals surface area contributed by atoms with Gasteiger partial charge in [0.25, 0.3) is 0 Å². The molecule has 1 aromatic rings. The molecule has 1 atom stereocenters. The lowest BCUT2D eigenvalue weighted by molar-refractivity contribution is -0.136. The van der Waals surface area contributed by atoms with Crippen LogP contribution in [-0.2, 0) is 22.0 Å². The summed E-state index contributed by atoms with van der Waals surface area (Å²) in [7, 11) is -0.955. The molecule has 110 valence electrons. The zero-order chi connectivity index (χ0) is 14.5. The van der Waals surface area contributed by atoms with E-state index in [1.54, 1.807) is 12.1 Å². The molecule has 0 heterocycles. The third-order valence-electron chi connectivity index (χ3n) is 4.18. The predicted octanol–water partition coefficient (Wildman–Crippen LogP) is 3.39. The summed E-state index contributed by atoms with van der Waals surface area (Å²) in [5, 5.41) is 9.00. The number of benzene rings is 1. The Bertz CT molecular complexity index is 473. The maximum atomic E-state index is 12.5. The fourth-order valence-electron chi connectivity index (χ4n) is 2.86. The van der Waals surface area contributed by atoms with Crippen LogP contribution in [0.4, 0.5) is 0 Å². The second-order valence-corrected chi connectivity index (χ2v) is 7.30.